The molecule has 0 aliphatic carbocycles. The van der Waals surface area contributed by atoms with Crippen LogP contribution in [0, 0.1) is 12.3 Å². The summed E-state index contributed by atoms with van der Waals surface area (Å²) >= 11 is 13.5. The Morgan fingerprint density at radius 1 is 1.31 bits per heavy atom. The number of hydrogen-bond acceptors (Lipinski definition) is 2. The highest BCUT2D eigenvalue weighted by atomic mass is 35.5. The molecule has 0 heterocycles. The van der Waals surface area contributed by atoms with Crippen LogP contribution < -0.4 is 5.32 Å². The van der Waals surface area contributed by atoms with Gasteiger partial charge in [-0.1, -0.05) is 35.2 Å². The lowest BCUT2D eigenvalue weighted by molar-refractivity contribution is 0.732. The molecule has 1 aromatic carbocycles. The van der Waals surface area contributed by atoms with Gasteiger partial charge >= 0.3 is 0 Å². The predicted molar refractivity (Wildman–Crippen MR) is 74.3 cm³/mol. The van der Waals surface area contributed by atoms with E-state index >= 15 is 0 Å². The molecule has 1 nitrogen and oxygen atoms in total. The maximum absolute atomic E-state index is 5.91. The summed E-state index contributed by atoms with van der Waals surface area (Å²) in [5, 5.41) is 4.51. The molecular weight excluding hydrogens is 261 g/mol. The molecule has 0 aliphatic heterocycles. The van der Waals surface area contributed by atoms with Gasteiger partial charge in [-0.25, -0.2) is 0 Å². The Bertz CT molecular complexity index is 374. The van der Waals surface area contributed by atoms with Crippen LogP contribution >= 0.6 is 35.0 Å². The van der Waals surface area contributed by atoms with Crippen LogP contribution in [0.2, 0.25) is 10.0 Å². The van der Waals surface area contributed by atoms with Crippen molar-refractivity contribution in [2.24, 2.45) is 0 Å². The molecule has 0 unspecified atom stereocenters. The molecule has 1 aromatic rings. The summed E-state index contributed by atoms with van der Waals surface area (Å²) in [6, 6.07) is 5.66. The largest absolute Gasteiger partial charge is 0.312 e. The van der Waals surface area contributed by atoms with Crippen LogP contribution in [0.15, 0.2) is 18.2 Å². The molecule has 0 bridgehead atoms. The van der Waals surface area contributed by atoms with Crippen LogP contribution in [-0.2, 0) is 6.54 Å². The first-order valence-corrected chi connectivity index (χ1v) is 6.81. The van der Waals surface area contributed by atoms with Gasteiger partial charge in [-0.05, 0) is 17.7 Å². The zero-order chi connectivity index (χ0) is 11.8. The Balaban J connectivity index is 2.22. The molecular formula is C12H13Cl2NS. The van der Waals surface area contributed by atoms with Gasteiger partial charge in [0.15, 0.2) is 0 Å². The summed E-state index contributed by atoms with van der Waals surface area (Å²) < 4.78 is 0. The first-order valence-electron chi connectivity index (χ1n) is 4.90. The lowest BCUT2D eigenvalue weighted by Gasteiger charge is -2.05. The molecule has 86 valence electrons. The highest BCUT2D eigenvalue weighted by Crippen LogP contribution is 2.22. The first-order chi connectivity index (χ1) is 7.74. The Kier molecular flexibility index (Phi) is 6.75. The molecule has 16 heavy (non-hydrogen) atoms. The van der Waals surface area contributed by atoms with Crippen molar-refractivity contribution in [3.63, 3.8) is 0 Å². The third kappa shape index (κ3) is 5.14. The van der Waals surface area contributed by atoms with Crippen molar-refractivity contribution < 1.29 is 0 Å². The fourth-order valence-electron chi connectivity index (χ4n) is 1.16. The van der Waals surface area contributed by atoms with Gasteiger partial charge in [0.2, 0.25) is 0 Å². The SMILES string of the molecule is C#CCSCCNCc1ccc(Cl)c(Cl)c1. The van der Waals surface area contributed by atoms with Crippen LogP contribution in [0.1, 0.15) is 5.56 Å². The summed E-state index contributed by atoms with van der Waals surface area (Å²) in [5.41, 5.74) is 1.14. The van der Waals surface area contributed by atoms with Gasteiger partial charge in [-0.2, -0.15) is 0 Å². The van der Waals surface area contributed by atoms with Gasteiger partial charge in [0.05, 0.1) is 15.8 Å². The molecule has 1 N–H and O–H groups in total. The Morgan fingerprint density at radius 2 is 2.12 bits per heavy atom. The van der Waals surface area contributed by atoms with Crippen molar-refractivity contribution in [1.29, 1.82) is 0 Å². The van der Waals surface area contributed by atoms with Gasteiger partial charge < -0.3 is 5.32 Å². The lowest BCUT2D eigenvalue weighted by atomic mass is 10.2. The van der Waals surface area contributed by atoms with Gasteiger partial charge in [-0.15, -0.1) is 18.2 Å². The first kappa shape index (κ1) is 13.7. The average Bonchev–Trinajstić information content (AvgIpc) is 2.28. The van der Waals surface area contributed by atoms with E-state index in [1.807, 2.05) is 18.2 Å². The van der Waals surface area contributed by atoms with Crippen LogP contribution in [-0.4, -0.2) is 18.1 Å². The van der Waals surface area contributed by atoms with E-state index in [4.69, 9.17) is 29.6 Å². The molecule has 0 saturated carbocycles. The lowest BCUT2D eigenvalue weighted by Crippen LogP contribution is -2.16. The topological polar surface area (TPSA) is 12.0 Å². The maximum atomic E-state index is 5.91. The molecule has 0 radical (unpaired) electrons. The highest BCUT2D eigenvalue weighted by molar-refractivity contribution is 7.99. The van der Waals surface area contributed by atoms with Crippen molar-refractivity contribution in [1.82, 2.24) is 5.32 Å². The van der Waals surface area contributed by atoms with Gasteiger partial charge in [0.1, 0.15) is 0 Å². The summed E-state index contributed by atoms with van der Waals surface area (Å²) in [5.74, 6) is 4.38. The molecule has 0 atom stereocenters. The maximum Gasteiger partial charge on any atom is 0.0595 e. The second kappa shape index (κ2) is 7.86. The van der Waals surface area contributed by atoms with E-state index in [-0.39, 0.29) is 0 Å². The molecule has 0 fully saturated rings. The van der Waals surface area contributed by atoms with Crippen molar-refractivity contribution in [2.75, 3.05) is 18.1 Å². The number of terminal acetylenes is 1. The van der Waals surface area contributed by atoms with Crippen LogP contribution in [0.4, 0.5) is 0 Å². The number of hydrogen-bond donors (Lipinski definition) is 1. The van der Waals surface area contributed by atoms with Crippen molar-refractivity contribution in [3.05, 3.63) is 33.8 Å². The standard InChI is InChI=1S/C12H13Cl2NS/c1-2-6-16-7-5-15-9-10-3-4-11(13)12(14)8-10/h1,3-4,8,15H,5-7,9H2. The van der Waals surface area contributed by atoms with Crippen molar-refractivity contribution in [2.45, 2.75) is 6.54 Å². The van der Waals surface area contributed by atoms with E-state index in [2.05, 4.69) is 11.2 Å². The fraction of sp³-hybridized carbons (Fsp3) is 0.333. The summed E-state index contributed by atoms with van der Waals surface area (Å²) in [4.78, 5) is 0. The number of thioether (sulfide) groups is 1. The van der Waals surface area contributed by atoms with E-state index < -0.39 is 0 Å². The van der Waals surface area contributed by atoms with E-state index in [1.165, 1.54) is 0 Å². The van der Waals surface area contributed by atoms with Crippen LogP contribution in [0.5, 0.6) is 0 Å². The number of benzene rings is 1. The summed E-state index contributed by atoms with van der Waals surface area (Å²) in [6.07, 6.45) is 5.15. The molecule has 4 heteroatoms. The van der Waals surface area contributed by atoms with E-state index in [0.29, 0.717) is 10.0 Å². The zero-order valence-corrected chi connectivity index (χ0v) is 11.1. The minimum Gasteiger partial charge on any atom is -0.312 e. The molecule has 0 saturated heterocycles. The Labute approximate surface area is 111 Å². The van der Waals surface area contributed by atoms with E-state index in [9.17, 15) is 0 Å². The highest BCUT2D eigenvalue weighted by Gasteiger charge is 1.98. The number of rotatable bonds is 6. The van der Waals surface area contributed by atoms with E-state index in [0.717, 1.165) is 30.2 Å². The van der Waals surface area contributed by atoms with Crippen molar-refractivity contribution in [3.8, 4) is 12.3 Å². The third-order valence-corrected chi connectivity index (χ3v) is 3.52. The molecule has 0 aromatic heterocycles. The summed E-state index contributed by atoms with van der Waals surface area (Å²) in [7, 11) is 0. The van der Waals surface area contributed by atoms with Crippen molar-refractivity contribution >= 4 is 35.0 Å². The molecule has 0 amide bonds. The average molecular weight is 274 g/mol. The minimum atomic E-state index is 0.593. The monoisotopic (exact) mass is 273 g/mol. The normalized spacial score (nSPS) is 10.1. The van der Waals surface area contributed by atoms with Gasteiger partial charge in [-0.3, -0.25) is 0 Å². The summed E-state index contributed by atoms with van der Waals surface area (Å²) in [6.45, 7) is 1.74. The second-order valence-corrected chi connectivity index (χ2v) is 5.10. The second-order valence-electron chi connectivity index (χ2n) is 3.18. The Hall–Kier alpha value is -0.330. The van der Waals surface area contributed by atoms with E-state index in [1.54, 1.807) is 11.8 Å². The van der Waals surface area contributed by atoms with Crippen LogP contribution in [0.3, 0.4) is 0 Å². The smallest absolute Gasteiger partial charge is 0.0595 e. The van der Waals surface area contributed by atoms with Gasteiger partial charge in [0, 0.05) is 18.8 Å². The van der Waals surface area contributed by atoms with Crippen LogP contribution in [0.25, 0.3) is 0 Å². The number of halogens is 2. The number of nitrogens with one attached hydrogen (secondary N) is 1. The van der Waals surface area contributed by atoms with Gasteiger partial charge in [0.25, 0.3) is 0 Å². The third-order valence-electron chi connectivity index (χ3n) is 1.92. The zero-order valence-electron chi connectivity index (χ0n) is 8.80. The quantitative estimate of drug-likeness (QED) is 0.630. The molecule has 1 rings (SSSR count). The fourth-order valence-corrected chi connectivity index (χ4v) is 2.03. The molecule has 0 aliphatic rings. The Morgan fingerprint density at radius 3 is 2.81 bits per heavy atom. The minimum absolute atomic E-state index is 0.593. The predicted octanol–water partition coefficient (Wildman–Crippen LogP) is 3.45. The molecule has 0 spiro atoms.